The van der Waals surface area contributed by atoms with Crippen LogP contribution in [0.15, 0.2) is 30.6 Å². The number of thiophene rings is 1. The lowest BCUT2D eigenvalue weighted by atomic mass is 9.65. The average molecular weight is 459 g/mol. The van der Waals surface area contributed by atoms with Crippen LogP contribution in [0.25, 0.3) is 10.4 Å². The van der Waals surface area contributed by atoms with Crippen LogP contribution in [0.5, 0.6) is 5.75 Å². The molecule has 3 rings (SSSR count). The summed E-state index contributed by atoms with van der Waals surface area (Å²) in [5, 5.41) is 10.2. The Morgan fingerprint density at radius 3 is 2.72 bits per heavy atom. The van der Waals surface area contributed by atoms with Gasteiger partial charge in [0.1, 0.15) is 5.75 Å². The minimum atomic E-state index is -0.660. The minimum Gasteiger partial charge on any atom is -0.490 e. The first-order valence-electron chi connectivity index (χ1n) is 11.7. The van der Waals surface area contributed by atoms with E-state index in [4.69, 9.17) is 4.74 Å². The van der Waals surface area contributed by atoms with Crippen molar-refractivity contribution in [3.63, 3.8) is 0 Å². The molecule has 32 heavy (non-hydrogen) atoms. The lowest BCUT2D eigenvalue weighted by Gasteiger charge is -2.48. The number of hydrogen-bond donors (Lipinski definition) is 1. The number of likely N-dealkylation sites (tertiary alicyclic amines) is 1. The molecule has 0 saturated carbocycles. The Morgan fingerprint density at radius 2 is 2.09 bits per heavy atom. The fourth-order valence-electron chi connectivity index (χ4n) is 4.78. The first-order chi connectivity index (χ1) is 15.0. The number of aliphatic carboxylic acids is 1. The van der Waals surface area contributed by atoms with Crippen LogP contribution in [-0.2, 0) is 11.3 Å². The van der Waals surface area contributed by atoms with E-state index < -0.39 is 11.4 Å². The van der Waals surface area contributed by atoms with E-state index in [9.17, 15) is 9.90 Å². The molecule has 2 aromatic heterocycles. The van der Waals surface area contributed by atoms with Gasteiger partial charge in [0, 0.05) is 41.8 Å². The Bertz CT molecular complexity index is 918. The first-order valence-corrected chi connectivity index (χ1v) is 12.5. The molecule has 0 bridgehead atoms. The molecule has 2 aromatic rings. The van der Waals surface area contributed by atoms with E-state index in [1.54, 1.807) is 17.5 Å². The summed E-state index contributed by atoms with van der Waals surface area (Å²) in [6.45, 7) is 15.2. The van der Waals surface area contributed by atoms with Gasteiger partial charge in [0.05, 0.1) is 17.1 Å². The molecule has 6 heteroatoms. The van der Waals surface area contributed by atoms with Gasteiger partial charge in [-0.25, -0.2) is 0 Å². The SMILES string of the molecule is CCC[C@@]1(C(=O)O)CC(C(C)(C)C)CN(Cc2ccc(-c3cnccc3OC(C)C)s2)C1. The predicted molar refractivity (Wildman–Crippen MR) is 131 cm³/mol. The monoisotopic (exact) mass is 458 g/mol. The molecule has 1 saturated heterocycles. The van der Waals surface area contributed by atoms with Crippen molar-refractivity contribution >= 4 is 17.3 Å². The highest BCUT2D eigenvalue weighted by molar-refractivity contribution is 7.15. The van der Waals surface area contributed by atoms with Crippen molar-refractivity contribution < 1.29 is 14.6 Å². The summed E-state index contributed by atoms with van der Waals surface area (Å²) < 4.78 is 5.98. The quantitative estimate of drug-likeness (QED) is 0.500. The lowest BCUT2D eigenvalue weighted by molar-refractivity contribution is -0.156. The van der Waals surface area contributed by atoms with Crippen LogP contribution in [0.2, 0.25) is 0 Å². The number of carbonyl (C=O) groups is 1. The molecular weight excluding hydrogens is 420 g/mol. The molecule has 5 nitrogen and oxygen atoms in total. The van der Waals surface area contributed by atoms with Crippen molar-refractivity contribution in [2.75, 3.05) is 13.1 Å². The molecule has 0 aromatic carbocycles. The fourth-order valence-corrected chi connectivity index (χ4v) is 5.84. The van der Waals surface area contributed by atoms with E-state index in [1.807, 2.05) is 26.1 Å². The number of carboxylic acid groups (broad SMARTS) is 1. The highest BCUT2D eigenvalue weighted by Gasteiger charge is 2.47. The molecule has 1 N–H and O–H groups in total. The largest absolute Gasteiger partial charge is 0.490 e. The molecule has 1 aliphatic heterocycles. The average Bonchev–Trinajstić information content (AvgIpc) is 3.15. The summed E-state index contributed by atoms with van der Waals surface area (Å²) >= 11 is 1.74. The highest BCUT2D eigenvalue weighted by Crippen LogP contribution is 2.45. The second-order valence-corrected chi connectivity index (χ2v) is 11.7. The molecular formula is C26H38N2O3S. The number of aromatic nitrogens is 1. The second kappa shape index (κ2) is 9.92. The van der Waals surface area contributed by atoms with Gasteiger partial charge >= 0.3 is 5.97 Å². The Hall–Kier alpha value is -1.92. The number of ether oxygens (including phenoxy) is 1. The van der Waals surface area contributed by atoms with Gasteiger partial charge in [-0.3, -0.25) is 14.7 Å². The fraction of sp³-hybridized carbons (Fsp3) is 0.615. The molecule has 2 atom stereocenters. The zero-order valence-electron chi connectivity index (χ0n) is 20.4. The van der Waals surface area contributed by atoms with E-state index in [0.717, 1.165) is 48.5 Å². The Labute approximate surface area is 196 Å². The maximum Gasteiger partial charge on any atom is 0.310 e. The molecule has 1 aliphatic rings. The van der Waals surface area contributed by atoms with Gasteiger partial charge in [0.25, 0.3) is 0 Å². The summed E-state index contributed by atoms with van der Waals surface area (Å²) in [4.78, 5) is 21.4. The zero-order chi connectivity index (χ0) is 23.5. The smallest absolute Gasteiger partial charge is 0.310 e. The summed E-state index contributed by atoms with van der Waals surface area (Å²) in [5.74, 6) is 0.556. The zero-order valence-corrected chi connectivity index (χ0v) is 21.2. The molecule has 3 heterocycles. The first kappa shape index (κ1) is 24.7. The van der Waals surface area contributed by atoms with Crippen LogP contribution in [0.3, 0.4) is 0 Å². The van der Waals surface area contributed by atoms with Crippen molar-refractivity contribution in [2.45, 2.75) is 73.5 Å². The van der Waals surface area contributed by atoms with Crippen LogP contribution < -0.4 is 4.74 Å². The summed E-state index contributed by atoms with van der Waals surface area (Å²) in [6, 6.07) is 6.21. The topological polar surface area (TPSA) is 62.7 Å². The molecule has 0 aliphatic carbocycles. The second-order valence-electron chi connectivity index (χ2n) is 10.6. The van der Waals surface area contributed by atoms with Crippen LogP contribution in [-0.4, -0.2) is 40.2 Å². The number of piperidine rings is 1. The summed E-state index contributed by atoms with van der Waals surface area (Å²) in [6.07, 6.45) is 6.10. The number of rotatable bonds is 8. The summed E-state index contributed by atoms with van der Waals surface area (Å²) in [5.41, 5.74) is 0.425. The van der Waals surface area contributed by atoms with Gasteiger partial charge in [-0.2, -0.15) is 0 Å². The Kier molecular flexibility index (Phi) is 7.66. The standard InChI is InChI=1S/C26H38N2O3S/c1-7-11-26(24(29)30)13-19(25(4,5)6)15-28(17-26)16-20-8-9-23(32-20)21-14-27-12-10-22(21)31-18(2)3/h8-10,12,14,18-19H,7,11,13,15-17H2,1-6H3,(H,29,30)/t19?,26-/m1/s1. The van der Waals surface area contributed by atoms with Crippen LogP contribution in [0.4, 0.5) is 0 Å². The van der Waals surface area contributed by atoms with Crippen LogP contribution in [0.1, 0.15) is 65.7 Å². The molecule has 0 radical (unpaired) electrons. The minimum absolute atomic E-state index is 0.0759. The maximum absolute atomic E-state index is 12.4. The highest BCUT2D eigenvalue weighted by atomic mass is 32.1. The molecule has 1 fully saturated rings. The van der Waals surface area contributed by atoms with Gasteiger partial charge in [-0.1, -0.05) is 34.1 Å². The van der Waals surface area contributed by atoms with E-state index in [-0.39, 0.29) is 11.5 Å². The molecule has 0 amide bonds. The van der Waals surface area contributed by atoms with Crippen molar-refractivity contribution in [1.82, 2.24) is 9.88 Å². The number of hydrogen-bond acceptors (Lipinski definition) is 5. The van der Waals surface area contributed by atoms with Gasteiger partial charge < -0.3 is 9.84 Å². The van der Waals surface area contributed by atoms with Crippen LogP contribution in [0, 0.1) is 16.7 Å². The summed E-state index contributed by atoms with van der Waals surface area (Å²) in [7, 11) is 0. The molecule has 1 unspecified atom stereocenters. The van der Waals surface area contributed by atoms with Crippen molar-refractivity contribution in [2.24, 2.45) is 16.7 Å². The van der Waals surface area contributed by atoms with E-state index >= 15 is 0 Å². The Balaban J connectivity index is 1.84. The van der Waals surface area contributed by atoms with Crippen LogP contribution >= 0.6 is 11.3 Å². The third-order valence-corrected chi connectivity index (χ3v) is 7.60. The molecule has 176 valence electrons. The normalized spacial score (nSPS) is 22.3. The Morgan fingerprint density at radius 1 is 1.34 bits per heavy atom. The van der Waals surface area contributed by atoms with E-state index in [0.29, 0.717) is 12.5 Å². The van der Waals surface area contributed by atoms with Gasteiger partial charge in [-0.05, 0) is 56.2 Å². The number of pyridine rings is 1. The third kappa shape index (κ3) is 5.70. The predicted octanol–water partition coefficient (Wildman–Crippen LogP) is 6.34. The third-order valence-electron chi connectivity index (χ3n) is 6.50. The van der Waals surface area contributed by atoms with Gasteiger partial charge in [-0.15, -0.1) is 11.3 Å². The van der Waals surface area contributed by atoms with E-state index in [1.165, 1.54) is 4.88 Å². The molecule has 0 spiro atoms. The van der Waals surface area contributed by atoms with Crippen molar-refractivity contribution in [1.29, 1.82) is 0 Å². The lowest BCUT2D eigenvalue weighted by Crippen LogP contribution is -2.53. The number of carboxylic acids is 1. The van der Waals surface area contributed by atoms with Gasteiger partial charge in [0.15, 0.2) is 0 Å². The number of nitrogens with zero attached hydrogens (tertiary/aromatic N) is 2. The van der Waals surface area contributed by atoms with Crippen molar-refractivity contribution in [3.05, 3.63) is 35.5 Å². The van der Waals surface area contributed by atoms with Crippen molar-refractivity contribution in [3.8, 4) is 16.2 Å². The van der Waals surface area contributed by atoms with Gasteiger partial charge in [0.2, 0.25) is 0 Å². The maximum atomic E-state index is 12.4. The van der Waals surface area contributed by atoms with E-state index in [2.05, 4.69) is 49.7 Å².